The average Bonchev–Trinajstić information content (AvgIpc) is 2.88. The summed E-state index contributed by atoms with van der Waals surface area (Å²) in [7, 11) is 6.97. The Kier molecular flexibility index (Phi) is 7.42. The van der Waals surface area contributed by atoms with Gasteiger partial charge in [0.2, 0.25) is 0 Å². The molecule has 0 atom stereocenters. The lowest BCUT2D eigenvalue weighted by Crippen LogP contribution is -2.56. The predicted molar refractivity (Wildman–Crippen MR) is 89.0 cm³/mol. The lowest BCUT2D eigenvalue weighted by Gasteiger charge is -2.44. The van der Waals surface area contributed by atoms with E-state index in [-0.39, 0.29) is 0 Å². The van der Waals surface area contributed by atoms with Crippen LogP contribution in [0.3, 0.4) is 0 Å². The molecule has 3 radical (unpaired) electrons. The van der Waals surface area contributed by atoms with Gasteiger partial charge in [-0.05, 0) is 6.92 Å². The van der Waals surface area contributed by atoms with E-state index >= 15 is 0 Å². The highest BCUT2D eigenvalue weighted by Crippen LogP contribution is 2.13. The van der Waals surface area contributed by atoms with Crippen molar-refractivity contribution in [1.29, 1.82) is 0 Å². The van der Waals surface area contributed by atoms with Crippen LogP contribution in [0.4, 0.5) is 0 Å². The Morgan fingerprint density at radius 3 is 2.45 bits per heavy atom. The third-order valence-electron chi connectivity index (χ3n) is 4.36. The van der Waals surface area contributed by atoms with E-state index in [4.69, 9.17) is 0 Å². The number of aromatic nitrogens is 2. The zero-order valence-electron chi connectivity index (χ0n) is 14.2. The molecular weight excluding hydrogens is 244 g/mol. The van der Waals surface area contributed by atoms with Crippen LogP contribution in [0.2, 0.25) is 12.6 Å². The highest BCUT2D eigenvalue weighted by Gasteiger charge is 2.26. The van der Waals surface area contributed by atoms with E-state index in [1.165, 1.54) is 32.0 Å². The van der Waals surface area contributed by atoms with Crippen LogP contribution >= 0.6 is 0 Å². The van der Waals surface area contributed by atoms with E-state index in [0.29, 0.717) is 6.98 Å². The van der Waals surface area contributed by atoms with Gasteiger partial charge >= 0.3 is 6.98 Å². The van der Waals surface area contributed by atoms with Gasteiger partial charge in [0.15, 0.2) is 0 Å². The molecular formula is C15H32B2N3. The topological polar surface area (TPSA) is 8.81 Å². The van der Waals surface area contributed by atoms with Crippen LogP contribution in [0.5, 0.6) is 0 Å². The molecule has 113 valence electrons. The van der Waals surface area contributed by atoms with Crippen LogP contribution in [0, 0.1) is 0 Å². The molecule has 0 aromatic carbocycles. The third kappa shape index (κ3) is 5.01. The highest BCUT2D eigenvalue weighted by molar-refractivity contribution is 6.49. The minimum atomic E-state index is 0.542. The molecule has 0 saturated carbocycles. The molecule has 3 nitrogen and oxygen atoms in total. The van der Waals surface area contributed by atoms with Crippen LogP contribution in [0.15, 0.2) is 18.7 Å². The summed E-state index contributed by atoms with van der Waals surface area (Å²) in [5.74, 6) is 0. The maximum absolute atomic E-state index is 2.40. The predicted octanol–water partition coefficient (Wildman–Crippen LogP) is 2.69. The van der Waals surface area contributed by atoms with Crippen LogP contribution < -0.4 is 4.48 Å². The molecule has 0 aliphatic carbocycles. The molecule has 0 aliphatic rings. The van der Waals surface area contributed by atoms with E-state index in [0.717, 1.165) is 17.3 Å². The van der Waals surface area contributed by atoms with Crippen LogP contribution in [-0.4, -0.2) is 43.9 Å². The molecule has 1 rings (SSSR count). The zero-order valence-corrected chi connectivity index (χ0v) is 14.2. The number of unbranched alkanes of at least 4 members (excludes halogenated alkanes) is 2. The van der Waals surface area contributed by atoms with E-state index in [1.807, 2.05) is 0 Å². The molecule has 0 fully saturated rings. The van der Waals surface area contributed by atoms with Crippen molar-refractivity contribution in [3.63, 3.8) is 0 Å². The van der Waals surface area contributed by atoms with E-state index in [1.54, 1.807) is 0 Å². The number of nitrogens with zero attached hydrogens (tertiary/aromatic N) is 3. The molecule has 1 aromatic rings. The van der Waals surface area contributed by atoms with Crippen LogP contribution in [0.1, 0.15) is 46.5 Å². The first-order chi connectivity index (χ1) is 9.55. The van der Waals surface area contributed by atoms with Crippen molar-refractivity contribution in [2.24, 2.45) is 0 Å². The Labute approximate surface area is 127 Å². The van der Waals surface area contributed by atoms with Gasteiger partial charge in [-0.3, -0.25) is 0 Å². The first-order valence-corrected chi connectivity index (χ1v) is 8.29. The summed E-state index contributed by atoms with van der Waals surface area (Å²) in [4.78, 5) is 0. The summed E-state index contributed by atoms with van der Waals surface area (Å²) in [6.07, 6.45) is 14.2. The first-order valence-electron chi connectivity index (χ1n) is 8.29. The number of quaternary nitrogens is 1. The monoisotopic (exact) mass is 276 g/mol. The first kappa shape index (κ1) is 17.4. The van der Waals surface area contributed by atoms with Crippen molar-refractivity contribution in [3.8, 4) is 0 Å². The van der Waals surface area contributed by atoms with Crippen LogP contribution in [0.25, 0.3) is 0 Å². The van der Waals surface area contributed by atoms with Crippen molar-refractivity contribution in [2.75, 3.05) is 20.6 Å². The van der Waals surface area contributed by atoms with Gasteiger partial charge in [-0.2, -0.15) is 6.32 Å². The van der Waals surface area contributed by atoms with Gasteiger partial charge in [0, 0.05) is 20.6 Å². The smallest absolute Gasteiger partial charge is 0.369 e. The summed E-state index contributed by atoms with van der Waals surface area (Å²) in [5.41, 5.74) is 0. The van der Waals surface area contributed by atoms with E-state index < -0.39 is 0 Å². The van der Waals surface area contributed by atoms with Gasteiger partial charge in [0.25, 0.3) is 0 Å². The maximum Gasteiger partial charge on any atom is 0.369 e. The largest absolute Gasteiger partial charge is 0.501 e. The van der Waals surface area contributed by atoms with Crippen molar-refractivity contribution >= 4 is 14.4 Å². The summed E-state index contributed by atoms with van der Waals surface area (Å²) in [6.45, 7) is 8.50. The maximum atomic E-state index is 2.40. The molecule has 0 unspecified atom stereocenters. The molecule has 5 heteroatoms. The molecule has 0 amide bonds. The Morgan fingerprint density at radius 2 is 1.85 bits per heavy atom. The molecule has 0 N–H and O–H groups in total. The molecule has 0 spiro atoms. The molecule has 1 heterocycles. The molecule has 20 heavy (non-hydrogen) atoms. The SMILES string of the molecule is CCCC[B-][n+]1ccn([B-](CCCC)[N+](C)(C)CC)c1. The number of hydrogen-bond donors (Lipinski definition) is 0. The number of hydrogen-bond acceptors (Lipinski definition) is 0. The average molecular weight is 276 g/mol. The summed E-state index contributed by atoms with van der Waals surface area (Å²) < 4.78 is 5.68. The van der Waals surface area contributed by atoms with Gasteiger partial charge in [0.1, 0.15) is 6.33 Å². The van der Waals surface area contributed by atoms with Gasteiger partial charge in [-0.25, -0.2) is 0 Å². The molecule has 0 bridgehead atoms. The Bertz CT molecular complexity index is 377. The fraction of sp³-hybridized carbons (Fsp3) is 0.800. The lowest BCUT2D eigenvalue weighted by atomic mass is 9.66. The number of imidazole rings is 1. The normalized spacial score (nSPS) is 12.3. The van der Waals surface area contributed by atoms with Crippen molar-refractivity contribution in [1.82, 2.24) is 4.48 Å². The standard InChI is InChI=1S/C15H32B2N3/c1-6-9-11-16-18-13-14-19(15-18)17(12-10-7-2)20(4,5)8-3/h13-15H,6-12H2,1-5H3. The fourth-order valence-electron chi connectivity index (χ4n) is 2.57. The summed E-state index contributed by atoms with van der Waals surface area (Å²) >= 11 is 0. The second kappa shape index (κ2) is 8.56. The quantitative estimate of drug-likeness (QED) is 0.459. The second-order valence-electron chi connectivity index (χ2n) is 6.35. The minimum absolute atomic E-state index is 0.542. The zero-order chi connectivity index (χ0) is 15.0. The summed E-state index contributed by atoms with van der Waals surface area (Å²) in [5, 5.41) is 0. The Hall–Kier alpha value is -0.700. The Balaban J connectivity index is 2.75. The fourth-order valence-corrected chi connectivity index (χ4v) is 2.57. The van der Waals surface area contributed by atoms with Gasteiger partial charge in [0.05, 0.1) is 12.4 Å². The highest BCUT2D eigenvalue weighted by atomic mass is 15.3. The van der Waals surface area contributed by atoms with Gasteiger partial charge < -0.3 is 13.4 Å². The minimum Gasteiger partial charge on any atom is -0.501 e. The Morgan fingerprint density at radius 1 is 1.15 bits per heavy atom. The van der Waals surface area contributed by atoms with Crippen LogP contribution in [-0.2, 0) is 0 Å². The van der Waals surface area contributed by atoms with Crippen molar-refractivity contribution < 1.29 is 8.87 Å². The summed E-state index contributed by atoms with van der Waals surface area (Å²) in [6, 6.07) is 0. The van der Waals surface area contributed by atoms with Crippen molar-refractivity contribution in [3.05, 3.63) is 18.7 Å². The lowest BCUT2D eigenvalue weighted by molar-refractivity contribution is -0.785. The molecule has 0 saturated heterocycles. The second-order valence-corrected chi connectivity index (χ2v) is 6.35. The van der Waals surface area contributed by atoms with Gasteiger partial charge in [-0.1, -0.05) is 53.3 Å². The van der Waals surface area contributed by atoms with E-state index in [2.05, 4.69) is 70.0 Å². The van der Waals surface area contributed by atoms with E-state index in [9.17, 15) is 0 Å². The molecule has 0 aliphatic heterocycles. The number of rotatable bonds is 10. The molecule has 1 aromatic heterocycles. The third-order valence-corrected chi connectivity index (χ3v) is 4.36. The van der Waals surface area contributed by atoms with Crippen molar-refractivity contribution in [2.45, 2.75) is 59.1 Å². The van der Waals surface area contributed by atoms with Gasteiger partial charge in [-0.15, -0.1) is 0 Å².